The molecule has 1 saturated carbocycles. The smallest absolute Gasteiger partial charge is 0.302 e. The minimum atomic E-state index is -0.438. The normalized spacial score (nSPS) is 22.4. The fourth-order valence-corrected chi connectivity index (χ4v) is 3.19. The standard InChI is InChI=1S/C19H28O4/c1-3-7-18(21)15-9-6-10-17(12-15)22-13-16-8-4-5-11-19(16)23-14(2)20/h6,9-10,12,16,18-19,21H,3-5,7-8,11,13H2,1-2H3/t16-,18+,19+/m0/s1. The highest BCUT2D eigenvalue weighted by atomic mass is 16.5. The van der Waals surface area contributed by atoms with Crippen molar-refractivity contribution in [2.75, 3.05) is 6.61 Å². The van der Waals surface area contributed by atoms with Crippen molar-refractivity contribution in [3.05, 3.63) is 29.8 Å². The Morgan fingerprint density at radius 1 is 1.35 bits per heavy atom. The molecule has 0 saturated heterocycles. The lowest BCUT2D eigenvalue weighted by molar-refractivity contribution is -0.151. The van der Waals surface area contributed by atoms with Crippen LogP contribution in [0.2, 0.25) is 0 Å². The third-order valence-electron chi connectivity index (χ3n) is 4.43. The van der Waals surface area contributed by atoms with E-state index in [1.54, 1.807) is 0 Å². The van der Waals surface area contributed by atoms with Gasteiger partial charge >= 0.3 is 5.97 Å². The molecule has 0 aromatic heterocycles. The largest absolute Gasteiger partial charge is 0.493 e. The Balaban J connectivity index is 1.93. The second-order valence-electron chi connectivity index (χ2n) is 6.38. The number of aliphatic hydroxyl groups excluding tert-OH is 1. The molecule has 1 aromatic carbocycles. The van der Waals surface area contributed by atoms with E-state index >= 15 is 0 Å². The van der Waals surface area contributed by atoms with Crippen LogP contribution in [0.25, 0.3) is 0 Å². The number of carbonyl (C=O) groups excluding carboxylic acids is 1. The van der Waals surface area contributed by atoms with Crippen LogP contribution in [-0.2, 0) is 9.53 Å². The van der Waals surface area contributed by atoms with Crippen molar-refractivity contribution in [3.63, 3.8) is 0 Å². The SMILES string of the molecule is CCC[C@@H](O)c1cccc(OC[C@@H]2CCCC[C@H]2OC(C)=O)c1. The zero-order valence-electron chi connectivity index (χ0n) is 14.2. The van der Waals surface area contributed by atoms with Gasteiger partial charge in [-0.2, -0.15) is 0 Å². The van der Waals surface area contributed by atoms with E-state index in [2.05, 4.69) is 6.92 Å². The fraction of sp³-hybridized carbons (Fsp3) is 0.632. The predicted octanol–water partition coefficient (Wildman–Crippen LogP) is 4.02. The van der Waals surface area contributed by atoms with E-state index in [0.29, 0.717) is 6.61 Å². The van der Waals surface area contributed by atoms with E-state index in [1.807, 2.05) is 24.3 Å². The second kappa shape index (κ2) is 8.92. The number of rotatable bonds is 7. The molecule has 4 nitrogen and oxygen atoms in total. The van der Waals surface area contributed by atoms with Gasteiger partial charge in [0, 0.05) is 12.8 Å². The van der Waals surface area contributed by atoms with Crippen LogP contribution in [0.15, 0.2) is 24.3 Å². The Morgan fingerprint density at radius 3 is 2.87 bits per heavy atom. The van der Waals surface area contributed by atoms with Crippen LogP contribution in [0.3, 0.4) is 0 Å². The molecule has 4 heteroatoms. The summed E-state index contributed by atoms with van der Waals surface area (Å²) in [7, 11) is 0. The van der Waals surface area contributed by atoms with Gasteiger partial charge in [0.25, 0.3) is 0 Å². The van der Waals surface area contributed by atoms with Crippen molar-refractivity contribution in [2.45, 2.75) is 64.6 Å². The molecule has 3 atom stereocenters. The van der Waals surface area contributed by atoms with Crippen LogP contribution in [0.4, 0.5) is 0 Å². The third-order valence-corrected chi connectivity index (χ3v) is 4.43. The Hall–Kier alpha value is -1.55. The lowest BCUT2D eigenvalue weighted by atomic mass is 9.87. The average molecular weight is 320 g/mol. The Kier molecular flexibility index (Phi) is 6.90. The molecule has 1 fully saturated rings. The van der Waals surface area contributed by atoms with Crippen LogP contribution in [0.5, 0.6) is 5.75 Å². The van der Waals surface area contributed by atoms with Crippen molar-refractivity contribution in [1.29, 1.82) is 0 Å². The predicted molar refractivity (Wildman–Crippen MR) is 89.3 cm³/mol. The van der Waals surface area contributed by atoms with Gasteiger partial charge in [0.1, 0.15) is 11.9 Å². The van der Waals surface area contributed by atoms with Gasteiger partial charge in [-0.15, -0.1) is 0 Å². The maximum absolute atomic E-state index is 11.2. The first-order valence-corrected chi connectivity index (χ1v) is 8.68. The fourth-order valence-electron chi connectivity index (χ4n) is 3.19. The van der Waals surface area contributed by atoms with E-state index in [9.17, 15) is 9.90 Å². The molecule has 23 heavy (non-hydrogen) atoms. The van der Waals surface area contributed by atoms with Gasteiger partial charge in [0.2, 0.25) is 0 Å². The van der Waals surface area contributed by atoms with Crippen LogP contribution in [0, 0.1) is 5.92 Å². The van der Waals surface area contributed by atoms with Crippen LogP contribution in [-0.4, -0.2) is 23.8 Å². The van der Waals surface area contributed by atoms with Crippen molar-refractivity contribution in [2.24, 2.45) is 5.92 Å². The lowest BCUT2D eigenvalue weighted by Crippen LogP contribution is -2.33. The van der Waals surface area contributed by atoms with Gasteiger partial charge in [-0.25, -0.2) is 0 Å². The number of carbonyl (C=O) groups is 1. The molecule has 0 amide bonds. The highest BCUT2D eigenvalue weighted by Gasteiger charge is 2.28. The average Bonchev–Trinajstić information content (AvgIpc) is 2.54. The van der Waals surface area contributed by atoms with Crippen molar-refractivity contribution in [3.8, 4) is 5.75 Å². The zero-order chi connectivity index (χ0) is 16.7. The maximum Gasteiger partial charge on any atom is 0.302 e. The molecule has 128 valence electrons. The Labute approximate surface area is 138 Å². The Bertz CT molecular complexity index is 500. The first-order valence-electron chi connectivity index (χ1n) is 8.68. The second-order valence-corrected chi connectivity index (χ2v) is 6.38. The van der Waals surface area contributed by atoms with Gasteiger partial charge in [-0.1, -0.05) is 31.9 Å². The summed E-state index contributed by atoms with van der Waals surface area (Å²) in [6.07, 6.45) is 5.42. The topological polar surface area (TPSA) is 55.8 Å². The molecule has 0 bridgehead atoms. The van der Waals surface area contributed by atoms with E-state index in [4.69, 9.17) is 9.47 Å². The van der Waals surface area contributed by atoms with Gasteiger partial charge in [0.05, 0.1) is 12.7 Å². The molecular formula is C19H28O4. The number of hydrogen-bond donors (Lipinski definition) is 1. The van der Waals surface area contributed by atoms with E-state index in [0.717, 1.165) is 49.8 Å². The molecule has 0 unspecified atom stereocenters. The summed E-state index contributed by atoms with van der Waals surface area (Å²) in [6, 6.07) is 7.65. The summed E-state index contributed by atoms with van der Waals surface area (Å²) in [5, 5.41) is 10.1. The van der Waals surface area contributed by atoms with Gasteiger partial charge < -0.3 is 14.6 Å². The number of benzene rings is 1. The van der Waals surface area contributed by atoms with Gasteiger partial charge in [0.15, 0.2) is 0 Å². The highest BCUT2D eigenvalue weighted by Crippen LogP contribution is 2.29. The first-order chi connectivity index (χ1) is 11.1. The van der Waals surface area contributed by atoms with E-state index in [1.165, 1.54) is 6.92 Å². The maximum atomic E-state index is 11.2. The summed E-state index contributed by atoms with van der Waals surface area (Å²) < 4.78 is 11.4. The number of ether oxygens (including phenoxy) is 2. The molecule has 1 aliphatic carbocycles. The molecule has 1 aromatic rings. The molecule has 0 radical (unpaired) electrons. The van der Waals surface area contributed by atoms with Gasteiger partial charge in [-0.05, 0) is 43.4 Å². The quantitative estimate of drug-likeness (QED) is 0.771. The molecule has 2 rings (SSSR count). The number of aliphatic hydroxyl groups is 1. The summed E-state index contributed by atoms with van der Waals surface area (Å²) in [6.45, 7) is 4.07. The zero-order valence-corrected chi connectivity index (χ0v) is 14.2. The minimum absolute atomic E-state index is 0.0323. The van der Waals surface area contributed by atoms with E-state index in [-0.39, 0.29) is 18.0 Å². The lowest BCUT2D eigenvalue weighted by Gasteiger charge is -2.30. The molecule has 1 N–H and O–H groups in total. The minimum Gasteiger partial charge on any atom is -0.493 e. The highest BCUT2D eigenvalue weighted by molar-refractivity contribution is 5.66. The third kappa shape index (κ3) is 5.54. The summed E-state index contributed by atoms with van der Waals surface area (Å²) in [5.41, 5.74) is 0.893. The first kappa shape index (κ1) is 17.8. The molecular weight excluding hydrogens is 292 g/mol. The van der Waals surface area contributed by atoms with Crippen molar-refractivity contribution in [1.82, 2.24) is 0 Å². The molecule has 1 aliphatic rings. The van der Waals surface area contributed by atoms with E-state index < -0.39 is 6.10 Å². The number of hydrogen-bond acceptors (Lipinski definition) is 4. The molecule has 0 aliphatic heterocycles. The van der Waals surface area contributed by atoms with Crippen LogP contribution in [0.1, 0.15) is 64.0 Å². The monoisotopic (exact) mass is 320 g/mol. The van der Waals surface area contributed by atoms with Crippen molar-refractivity contribution < 1.29 is 19.4 Å². The summed E-state index contributed by atoms with van der Waals surface area (Å²) >= 11 is 0. The summed E-state index contributed by atoms with van der Waals surface area (Å²) in [4.78, 5) is 11.2. The summed E-state index contributed by atoms with van der Waals surface area (Å²) in [5.74, 6) is 0.799. The van der Waals surface area contributed by atoms with Crippen LogP contribution < -0.4 is 4.74 Å². The van der Waals surface area contributed by atoms with Crippen molar-refractivity contribution >= 4 is 5.97 Å². The Morgan fingerprint density at radius 2 is 2.13 bits per heavy atom. The molecule has 0 heterocycles. The molecule has 0 spiro atoms. The van der Waals surface area contributed by atoms with Gasteiger partial charge in [-0.3, -0.25) is 4.79 Å². The number of esters is 1. The van der Waals surface area contributed by atoms with Crippen LogP contribution >= 0.6 is 0 Å².